The van der Waals surface area contributed by atoms with Crippen LogP contribution in [0.4, 0.5) is 18.0 Å². The number of amides is 2. The second-order valence-electron chi connectivity index (χ2n) is 3.33. The van der Waals surface area contributed by atoms with Crippen LogP contribution in [-0.2, 0) is 0 Å². The average Bonchev–Trinajstić information content (AvgIpc) is 2.13. The van der Waals surface area contributed by atoms with E-state index in [1.165, 1.54) is 11.9 Å². The molecule has 0 fully saturated rings. The normalized spacial score (nSPS) is 11.3. The van der Waals surface area contributed by atoms with Crippen LogP contribution in [0.5, 0.6) is 0 Å². The van der Waals surface area contributed by atoms with Crippen molar-refractivity contribution in [1.29, 1.82) is 0 Å². The molecule has 0 aliphatic heterocycles. The number of urea groups is 1. The number of alkyl halides is 3. The Balaban J connectivity index is 4.45. The molecule has 3 nitrogen and oxygen atoms in total. The molecule has 0 spiro atoms. The van der Waals surface area contributed by atoms with Crippen LogP contribution in [0.1, 0.15) is 20.3 Å². The molecule has 2 amide bonds. The van der Waals surface area contributed by atoms with Gasteiger partial charge >= 0.3 is 12.2 Å². The van der Waals surface area contributed by atoms with Crippen molar-refractivity contribution in [3.63, 3.8) is 0 Å². The highest BCUT2D eigenvalue weighted by Crippen LogP contribution is 2.17. The Morgan fingerprint density at radius 3 is 2.13 bits per heavy atom. The zero-order valence-electron chi connectivity index (χ0n) is 9.26. The third kappa shape index (κ3) is 5.49. The molecule has 6 heteroatoms. The lowest BCUT2D eigenvalue weighted by Crippen LogP contribution is -2.45. The highest BCUT2D eigenvalue weighted by atomic mass is 19.4. The highest BCUT2D eigenvalue weighted by Gasteiger charge is 2.33. The van der Waals surface area contributed by atoms with Gasteiger partial charge < -0.3 is 9.80 Å². The molecule has 0 N–H and O–H groups in total. The van der Waals surface area contributed by atoms with E-state index < -0.39 is 18.8 Å². The van der Waals surface area contributed by atoms with E-state index in [0.29, 0.717) is 13.0 Å². The van der Waals surface area contributed by atoms with Crippen LogP contribution >= 0.6 is 0 Å². The van der Waals surface area contributed by atoms with Crippen LogP contribution in [-0.4, -0.2) is 48.7 Å². The van der Waals surface area contributed by atoms with Crippen LogP contribution in [0.15, 0.2) is 0 Å². The first-order valence-electron chi connectivity index (χ1n) is 4.88. The van der Waals surface area contributed by atoms with Gasteiger partial charge in [-0.3, -0.25) is 0 Å². The van der Waals surface area contributed by atoms with Crippen LogP contribution in [0, 0.1) is 0 Å². The van der Waals surface area contributed by atoms with Crippen LogP contribution in [0.25, 0.3) is 0 Å². The third-order valence-electron chi connectivity index (χ3n) is 1.94. The first-order valence-corrected chi connectivity index (χ1v) is 4.88. The molecule has 0 heterocycles. The lowest BCUT2D eigenvalue weighted by Gasteiger charge is -2.27. The maximum Gasteiger partial charge on any atom is 0.406 e. The first kappa shape index (κ1) is 14.1. The van der Waals surface area contributed by atoms with Gasteiger partial charge in [0.1, 0.15) is 6.54 Å². The SMILES string of the molecule is CCCN(CC(F)(F)F)C(=O)N(C)CC. The van der Waals surface area contributed by atoms with Crippen molar-refractivity contribution in [2.75, 3.05) is 26.7 Å². The average molecular weight is 226 g/mol. The lowest BCUT2D eigenvalue weighted by atomic mass is 10.4. The predicted molar refractivity (Wildman–Crippen MR) is 51.6 cm³/mol. The second-order valence-corrected chi connectivity index (χ2v) is 3.33. The summed E-state index contributed by atoms with van der Waals surface area (Å²) in [5.41, 5.74) is 0. The zero-order chi connectivity index (χ0) is 12.1. The minimum atomic E-state index is -4.33. The Morgan fingerprint density at radius 1 is 1.27 bits per heavy atom. The molecule has 0 saturated heterocycles. The number of halogens is 3. The van der Waals surface area contributed by atoms with Crippen molar-refractivity contribution in [1.82, 2.24) is 9.80 Å². The van der Waals surface area contributed by atoms with Gasteiger partial charge in [0.25, 0.3) is 0 Å². The smallest absolute Gasteiger partial charge is 0.328 e. The van der Waals surface area contributed by atoms with E-state index >= 15 is 0 Å². The van der Waals surface area contributed by atoms with Crippen molar-refractivity contribution in [2.24, 2.45) is 0 Å². The van der Waals surface area contributed by atoms with Gasteiger partial charge in [0.05, 0.1) is 0 Å². The fourth-order valence-electron chi connectivity index (χ4n) is 1.11. The molecule has 0 rings (SSSR count). The van der Waals surface area contributed by atoms with Gasteiger partial charge in [-0.2, -0.15) is 13.2 Å². The van der Waals surface area contributed by atoms with E-state index in [1.807, 2.05) is 0 Å². The Bertz CT molecular complexity index is 206. The molecule has 0 aromatic carbocycles. The summed E-state index contributed by atoms with van der Waals surface area (Å²) >= 11 is 0. The minimum Gasteiger partial charge on any atom is -0.328 e. The molecule has 0 unspecified atom stereocenters. The number of carbonyl (C=O) groups is 1. The van der Waals surface area contributed by atoms with Crippen LogP contribution in [0.3, 0.4) is 0 Å². The molecule has 0 bridgehead atoms. The van der Waals surface area contributed by atoms with Crippen molar-refractivity contribution < 1.29 is 18.0 Å². The van der Waals surface area contributed by atoms with Crippen molar-refractivity contribution in [2.45, 2.75) is 26.4 Å². The summed E-state index contributed by atoms with van der Waals surface area (Å²) in [6.45, 7) is 2.81. The standard InChI is InChI=1S/C9H17F3N2O/c1-4-6-14(7-9(10,11)12)8(15)13(3)5-2/h4-7H2,1-3H3. The Hall–Kier alpha value is -0.940. The number of carbonyl (C=O) groups excluding carboxylic acids is 1. The Morgan fingerprint density at radius 2 is 1.80 bits per heavy atom. The third-order valence-corrected chi connectivity index (χ3v) is 1.94. The van der Waals surface area contributed by atoms with Gasteiger partial charge in [-0.25, -0.2) is 4.79 Å². The van der Waals surface area contributed by atoms with E-state index in [9.17, 15) is 18.0 Å². The number of hydrogen-bond donors (Lipinski definition) is 0. The molecule has 15 heavy (non-hydrogen) atoms. The summed E-state index contributed by atoms with van der Waals surface area (Å²) in [4.78, 5) is 13.6. The molecular formula is C9H17F3N2O. The first-order chi connectivity index (χ1) is 6.81. The lowest BCUT2D eigenvalue weighted by molar-refractivity contribution is -0.140. The maximum atomic E-state index is 12.1. The van der Waals surface area contributed by atoms with Crippen molar-refractivity contribution >= 4 is 6.03 Å². The quantitative estimate of drug-likeness (QED) is 0.721. The monoisotopic (exact) mass is 226 g/mol. The number of hydrogen-bond acceptors (Lipinski definition) is 1. The van der Waals surface area contributed by atoms with Gasteiger partial charge in [-0.05, 0) is 13.3 Å². The Labute approximate surface area is 87.8 Å². The summed E-state index contributed by atoms with van der Waals surface area (Å²) in [5.74, 6) is 0. The van der Waals surface area contributed by atoms with Gasteiger partial charge in [0, 0.05) is 20.1 Å². The van der Waals surface area contributed by atoms with Gasteiger partial charge in [0.2, 0.25) is 0 Å². The highest BCUT2D eigenvalue weighted by molar-refractivity contribution is 5.74. The summed E-state index contributed by atoms with van der Waals surface area (Å²) in [6, 6.07) is -0.573. The van der Waals surface area contributed by atoms with E-state index in [2.05, 4.69) is 0 Å². The van der Waals surface area contributed by atoms with E-state index in [4.69, 9.17) is 0 Å². The van der Waals surface area contributed by atoms with Crippen molar-refractivity contribution in [3.8, 4) is 0 Å². The van der Waals surface area contributed by atoms with Gasteiger partial charge in [0.15, 0.2) is 0 Å². The summed E-state index contributed by atoms with van der Waals surface area (Å²) in [5, 5.41) is 0. The van der Waals surface area contributed by atoms with Crippen LogP contribution < -0.4 is 0 Å². The largest absolute Gasteiger partial charge is 0.406 e. The summed E-state index contributed by atoms with van der Waals surface area (Å²) in [7, 11) is 1.49. The number of rotatable bonds is 4. The molecule has 0 aliphatic carbocycles. The molecule has 0 aromatic heterocycles. The Kier molecular flexibility index (Phi) is 5.46. The second kappa shape index (κ2) is 5.82. The summed E-state index contributed by atoms with van der Waals surface area (Å²) in [6.07, 6.45) is -3.82. The van der Waals surface area contributed by atoms with E-state index in [-0.39, 0.29) is 6.54 Å². The topological polar surface area (TPSA) is 23.6 Å². The van der Waals surface area contributed by atoms with Gasteiger partial charge in [-0.1, -0.05) is 6.92 Å². The van der Waals surface area contributed by atoms with Crippen molar-refractivity contribution in [3.05, 3.63) is 0 Å². The zero-order valence-corrected chi connectivity index (χ0v) is 9.26. The predicted octanol–water partition coefficient (Wildman–Crippen LogP) is 2.33. The fourth-order valence-corrected chi connectivity index (χ4v) is 1.11. The molecular weight excluding hydrogens is 209 g/mol. The van der Waals surface area contributed by atoms with Crippen LogP contribution in [0.2, 0.25) is 0 Å². The maximum absolute atomic E-state index is 12.1. The molecule has 0 aromatic rings. The van der Waals surface area contributed by atoms with E-state index in [1.54, 1.807) is 13.8 Å². The molecule has 0 saturated carbocycles. The molecule has 0 aliphatic rings. The molecule has 90 valence electrons. The summed E-state index contributed by atoms with van der Waals surface area (Å²) < 4.78 is 36.4. The van der Waals surface area contributed by atoms with Gasteiger partial charge in [-0.15, -0.1) is 0 Å². The number of nitrogens with zero attached hydrogens (tertiary/aromatic N) is 2. The molecule has 0 atom stereocenters. The van der Waals surface area contributed by atoms with E-state index in [0.717, 1.165) is 4.90 Å². The minimum absolute atomic E-state index is 0.128. The fraction of sp³-hybridized carbons (Fsp3) is 0.889. The molecule has 0 radical (unpaired) electrons.